The molecule has 4 heteroatoms. The van der Waals surface area contributed by atoms with Crippen molar-refractivity contribution < 1.29 is 4.74 Å². The summed E-state index contributed by atoms with van der Waals surface area (Å²) in [4.78, 5) is 2.85. The van der Waals surface area contributed by atoms with Gasteiger partial charge < -0.3 is 4.74 Å². The maximum Gasteiger partial charge on any atom is 0.0939 e. The Morgan fingerprint density at radius 3 is 2.89 bits per heavy atom. The summed E-state index contributed by atoms with van der Waals surface area (Å²) in [5, 5.41) is 3.69. The van der Waals surface area contributed by atoms with Crippen LogP contribution in [0.4, 0.5) is 0 Å². The molecule has 1 spiro atoms. The number of fused-ring (bicyclic) bond motifs is 2. The molecule has 3 rings (SSSR count). The molecule has 1 saturated carbocycles. The van der Waals surface area contributed by atoms with Crippen LogP contribution in [0.3, 0.4) is 0 Å². The van der Waals surface area contributed by atoms with E-state index in [1.807, 2.05) is 0 Å². The fourth-order valence-electron chi connectivity index (χ4n) is 3.28. The van der Waals surface area contributed by atoms with Crippen molar-refractivity contribution >= 4 is 0 Å². The van der Waals surface area contributed by atoms with Crippen molar-refractivity contribution in [1.29, 1.82) is 0 Å². The quantitative estimate of drug-likeness (QED) is 0.441. The second kappa shape index (κ2) is 4.63. The van der Waals surface area contributed by atoms with Crippen LogP contribution in [0.5, 0.6) is 0 Å². The molecule has 0 amide bonds. The van der Waals surface area contributed by atoms with Gasteiger partial charge in [0, 0.05) is 11.5 Å². The highest BCUT2D eigenvalue weighted by Crippen LogP contribution is 2.47. The zero-order chi connectivity index (χ0) is 12.4. The lowest BCUT2D eigenvalue weighted by Gasteiger charge is -2.36. The Bertz CT molecular complexity index is 486. The second-order valence-corrected chi connectivity index (χ2v) is 5.30. The zero-order valence-electron chi connectivity index (χ0n) is 10.4. The summed E-state index contributed by atoms with van der Waals surface area (Å²) < 4.78 is 6.10. The van der Waals surface area contributed by atoms with Crippen molar-refractivity contribution in [3.05, 3.63) is 45.8 Å². The zero-order valence-corrected chi connectivity index (χ0v) is 10.4. The monoisotopic (exact) mass is 243 g/mol. The van der Waals surface area contributed by atoms with Crippen LogP contribution in [-0.2, 0) is 16.9 Å². The van der Waals surface area contributed by atoms with E-state index in [-0.39, 0.29) is 5.60 Å². The number of hydrogen-bond donors (Lipinski definition) is 0. The van der Waals surface area contributed by atoms with E-state index in [9.17, 15) is 0 Å². The third kappa shape index (κ3) is 1.88. The van der Waals surface area contributed by atoms with Crippen molar-refractivity contribution in [2.45, 2.75) is 37.9 Å². The summed E-state index contributed by atoms with van der Waals surface area (Å²) in [6.07, 6.45) is 4.28. The molecule has 0 saturated heterocycles. The summed E-state index contributed by atoms with van der Waals surface area (Å²) in [6.45, 7) is 1.38. The first kappa shape index (κ1) is 11.6. The topological polar surface area (TPSA) is 58.0 Å². The molecule has 0 atom stereocenters. The van der Waals surface area contributed by atoms with E-state index in [0.29, 0.717) is 12.5 Å². The van der Waals surface area contributed by atoms with Gasteiger partial charge in [-0.25, -0.2) is 0 Å². The molecule has 0 unspecified atom stereocenters. The van der Waals surface area contributed by atoms with Gasteiger partial charge in [0.2, 0.25) is 0 Å². The Hall–Kier alpha value is -1.51. The van der Waals surface area contributed by atoms with E-state index in [1.54, 1.807) is 0 Å². The van der Waals surface area contributed by atoms with E-state index < -0.39 is 0 Å². The Kier molecular flexibility index (Phi) is 2.98. The number of azide groups is 1. The number of hydrogen-bond acceptors (Lipinski definition) is 2. The van der Waals surface area contributed by atoms with Gasteiger partial charge in [-0.2, -0.15) is 0 Å². The minimum atomic E-state index is -0.0521. The lowest BCUT2D eigenvalue weighted by atomic mass is 9.75. The minimum absolute atomic E-state index is 0.0521. The fraction of sp³-hybridized carbons (Fsp3) is 0.571. The maximum atomic E-state index is 8.37. The molecule has 1 aliphatic carbocycles. The van der Waals surface area contributed by atoms with Gasteiger partial charge in [0.1, 0.15) is 0 Å². The highest BCUT2D eigenvalue weighted by molar-refractivity contribution is 5.35. The van der Waals surface area contributed by atoms with Crippen LogP contribution in [0, 0.1) is 5.92 Å². The molecule has 0 N–H and O–H groups in total. The van der Waals surface area contributed by atoms with E-state index in [1.165, 1.54) is 11.1 Å². The molecular weight excluding hydrogens is 226 g/mol. The molecule has 0 bridgehead atoms. The fourth-order valence-corrected chi connectivity index (χ4v) is 3.28. The van der Waals surface area contributed by atoms with Crippen LogP contribution in [0.1, 0.15) is 36.8 Å². The van der Waals surface area contributed by atoms with Crippen molar-refractivity contribution in [2.75, 3.05) is 6.54 Å². The molecule has 0 aromatic heterocycles. The Balaban J connectivity index is 1.75. The van der Waals surface area contributed by atoms with Gasteiger partial charge in [-0.3, -0.25) is 0 Å². The normalized spacial score (nSPS) is 29.9. The van der Waals surface area contributed by atoms with Crippen LogP contribution in [0.2, 0.25) is 0 Å². The van der Waals surface area contributed by atoms with Gasteiger partial charge in [-0.1, -0.05) is 29.4 Å². The van der Waals surface area contributed by atoms with E-state index >= 15 is 0 Å². The van der Waals surface area contributed by atoms with Crippen LogP contribution in [0.25, 0.3) is 10.4 Å². The molecule has 1 aromatic rings. The predicted molar refractivity (Wildman–Crippen MR) is 68.9 cm³/mol. The average Bonchev–Trinajstić information content (AvgIpc) is 2.78. The van der Waals surface area contributed by atoms with Crippen LogP contribution < -0.4 is 0 Å². The maximum absolute atomic E-state index is 8.37. The number of ether oxygens (including phenoxy) is 1. The molecule has 18 heavy (non-hydrogen) atoms. The SMILES string of the molecule is [N-]=[N+]=NCC1CCC2(CC1)OCc1ccccc12. The van der Waals surface area contributed by atoms with E-state index in [4.69, 9.17) is 10.3 Å². The van der Waals surface area contributed by atoms with E-state index in [2.05, 4.69) is 34.3 Å². The molecular formula is C14H17N3O. The largest absolute Gasteiger partial charge is 0.366 e. The van der Waals surface area contributed by atoms with Gasteiger partial charge in [0.05, 0.1) is 12.2 Å². The molecule has 94 valence electrons. The molecule has 4 nitrogen and oxygen atoms in total. The highest BCUT2D eigenvalue weighted by Gasteiger charge is 2.42. The van der Waals surface area contributed by atoms with Gasteiger partial charge in [-0.05, 0) is 48.3 Å². The van der Waals surface area contributed by atoms with Crippen LogP contribution >= 0.6 is 0 Å². The van der Waals surface area contributed by atoms with Crippen LogP contribution in [0.15, 0.2) is 29.4 Å². The Labute approximate surface area is 107 Å². The number of nitrogens with zero attached hydrogens (tertiary/aromatic N) is 3. The predicted octanol–water partition coefficient (Wildman–Crippen LogP) is 3.91. The number of benzene rings is 1. The Morgan fingerprint density at radius 1 is 1.33 bits per heavy atom. The first-order chi connectivity index (χ1) is 8.84. The Morgan fingerprint density at radius 2 is 2.11 bits per heavy atom. The first-order valence-corrected chi connectivity index (χ1v) is 6.57. The highest BCUT2D eigenvalue weighted by atomic mass is 16.5. The number of rotatable bonds is 2. The molecule has 1 aromatic carbocycles. The summed E-state index contributed by atoms with van der Waals surface area (Å²) >= 11 is 0. The standard InChI is InChI=1S/C14H17N3O/c15-17-16-9-11-5-7-14(8-6-11)13-4-2-1-3-12(13)10-18-14/h1-4,11H,5-10H2. The van der Waals surface area contributed by atoms with Crippen molar-refractivity contribution in [3.63, 3.8) is 0 Å². The average molecular weight is 243 g/mol. The van der Waals surface area contributed by atoms with Gasteiger partial charge in [-0.15, -0.1) is 0 Å². The molecule has 2 aliphatic rings. The molecule has 1 fully saturated rings. The lowest BCUT2D eigenvalue weighted by Crippen LogP contribution is -2.31. The van der Waals surface area contributed by atoms with Gasteiger partial charge >= 0.3 is 0 Å². The molecule has 0 radical (unpaired) electrons. The van der Waals surface area contributed by atoms with E-state index in [0.717, 1.165) is 32.3 Å². The van der Waals surface area contributed by atoms with Crippen molar-refractivity contribution in [3.8, 4) is 0 Å². The minimum Gasteiger partial charge on any atom is -0.366 e. The van der Waals surface area contributed by atoms with Crippen molar-refractivity contribution in [1.82, 2.24) is 0 Å². The molecule has 1 aliphatic heterocycles. The third-order valence-corrected chi connectivity index (χ3v) is 4.33. The van der Waals surface area contributed by atoms with Crippen LogP contribution in [-0.4, -0.2) is 6.54 Å². The second-order valence-electron chi connectivity index (χ2n) is 5.30. The summed E-state index contributed by atoms with van der Waals surface area (Å²) in [5.41, 5.74) is 11.0. The first-order valence-electron chi connectivity index (χ1n) is 6.57. The van der Waals surface area contributed by atoms with Crippen molar-refractivity contribution in [2.24, 2.45) is 11.0 Å². The molecule has 1 heterocycles. The summed E-state index contributed by atoms with van der Waals surface area (Å²) in [6, 6.07) is 8.54. The lowest BCUT2D eigenvalue weighted by molar-refractivity contribution is -0.0716. The third-order valence-electron chi connectivity index (χ3n) is 4.33. The summed E-state index contributed by atoms with van der Waals surface area (Å²) in [7, 11) is 0. The smallest absolute Gasteiger partial charge is 0.0939 e. The van der Waals surface area contributed by atoms with Gasteiger partial charge in [0.15, 0.2) is 0 Å². The summed E-state index contributed by atoms with van der Waals surface area (Å²) in [5.74, 6) is 0.530. The van der Waals surface area contributed by atoms with Gasteiger partial charge in [0.25, 0.3) is 0 Å².